The quantitative estimate of drug-likeness (QED) is 0.568. The smallest absolute Gasteiger partial charge is 0.410 e. The van der Waals surface area contributed by atoms with Crippen LogP contribution < -0.4 is 0 Å². The predicted molar refractivity (Wildman–Crippen MR) is 79.3 cm³/mol. The molecule has 0 aromatic rings. The van der Waals surface area contributed by atoms with Crippen molar-refractivity contribution in [1.29, 1.82) is 0 Å². The summed E-state index contributed by atoms with van der Waals surface area (Å²) in [4.78, 5) is 25.3. The lowest BCUT2D eigenvalue weighted by Crippen LogP contribution is -2.49. The number of piperidine rings is 1. The number of esters is 1. The SMILES string of the molecule is COCO[C@@H]1C[C@H](CC(=O)OC)CN(C(=O)OC(C)(C)C)C1. The van der Waals surface area contributed by atoms with E-state index < -0.39 is 11.7 Å². The van der Waals surface area contributed by atoms with Crippen LogP contribution in [0, 0.1) is 5.92 Å². The Bertz CT molecular complexity index is 379. The Balaban J connectivity index is 2.69. The topological polar surface area (TPSA) is 74.3 Å². The van der Waals surface area contributed by atoms with Crippen LogP contribution in [0.5, 0.6) is 0 Å². The van der Waals surface area contributed by atoms with Crippen LogP contribution in [-0.4, -0.2) is 62.8 Å². The maximum atomic E-state index is 12.2. The second kappa shape index (κ2) is 8.33. The largest absolute Gasteiger partial charge is 0.469 e. The third-order valence-corrected chi connectivity index (χ3v) is 3.26. The molecule has 1 aliphatic heterocycles. The Kier molecular flexibility index (Phi) is 7.09. The second-order valence-corrected chi connectivity index (χ2v) is 6.46. The molecular formula is C15H27NO6. The van der Waals surface area contributed by atoms with Gasteiger partial charge in [-0.3, -0.25) is 4.79 Å². The molecule has 7 nitrogen and oxygen atoms in total. The summed E-state index contributed by atoms with van der Waals surface area (Å²) in [5.74, 6) is -0.308. The normalized spacial score (nSPS) is 22.3. The molecule has 0 unspecified atom stereocenters. The van der Waals surface area contributed by atoms with Crippen LogP contribution >= 0.6 is 0 Å². The molecular weight excluding hydrogens is 290 g/mol. The minimum atomic E-state index is -0.560. The van der Waals surface area contributed by atoms with Gasteiger partial charge in [-0.05, 0) is 33.1 Å². The summed E-state index contributed by atoms with van der Waals surface area (Å²) in [5, 5.41) is 0. The van der Waals surface area contributed by atoms with Crippen molar-refractivity contribution in [2.75, 3.05) is 34.1 Å². The zero-order chi connectivity index (χ0) is 16.8. The van der Waals surface area contributed by atoms with Gasteiger partial charge in [0.05, 0.1) is 26.2 Å². The van der Waals surface area contributed by atoms with Gasteiger partial charge in [-0.2, -0.15) is 0 Å². The van der Waals surface area contributed by atoms with Gasteiger partial charge in [0.25, 0.3) is 0 Å². The highest BCUT2D eigenvalue weighted by Gasteiger charge is 2.34. The van der Waals surface area contributed by atoms with Crippen LogP contribution in [0.4, 0.5) is 4.79 Å². The molecule has 0 aliphatic carbocycles. The van der Waals surface area contributed by atoms with E-state index in [4.69, 9.17) is 18.9 Å². The summed E-state index contributed by atoms with van der Waals surface area (Å²) in [6.07, 6.45) is 0.351. The van der Waals surface area contributed by atoms with Crippen molar-refractivity contribution in [2.24, 2.45) is 5.92 Å². The Morgan fingerprint density at radius 2 is 1.86 bits per heavy atom. The molecule has 0 bridgehead atoms. The lowest BCUT2D eigenvalue weighted by atomic mass is 9.93. The Morgan fingerprint density at radius 1 is 1.18 bits per heavy atom. The molecule has 1 amide bonds. The number of amides is 1. The standard InChI is InChI=1S/C15H27NO6/c1-15(2,3)22-14(18)16-8-11(7-13(17)20-5)6-12(9-16)21-10-19-4/h11-12H,6-10H2,1-5H3/t11-,12-/m1/s1. The molecule has 0 N–H and O–H groups in total. The van der Waals surface area contributed by atoms with Crippen molar-refractivity contribution < 1.29 is 28.5 Å². The number of methoxy groups -OCH3 is 2. The van der Waals surface area contributed by atoms with Crippen molar-refractivity contribution in [1.82, 2.24) is 4.90 Å². The van der Waals surface area contributed by atoms with E-state index in [1.54, 1.807) is 12.0 Å². The molecule has 0 spiro atoms. The van der Waals surface area contributed by atoms with Crippen LogP contribution in [0.2, 0.25) is 0 Å². The van der Waals surface area contributed by atoms with Gasteiger partial charge in [0, 0.05) is 13.7 Å². The maximum Gasteiger partial charge on any atom is 0.410 e. The highest BCUT2D eigenvalue weighted by atomic mass is 16.7. The number of hydrogen-bond donors (Lipinski definition) is 0. The first kappa shape index (κ1) is 18.7. The van der Waals surface area contributed by atoms with Crippen LogP contribution in [0.3, 0.4) is 0 Å². The number of rotatable bonds is 5. The highest BCUT2D eigenvalue weighted by molar-refractivity contribution is 5.70. The van der Waals surface area contributed by atoms with E-state index in [0.29, 0.717) is 19.5 Å². The molecule has 128 valence electrons. The molecule has 1 aliphatic rings. The number of nitrogens with zero attached hydrogens (tertiary/aromatic N) is 1. The Labute approximate surface area is 131 Å². The van der Waals surface area contributed by atoms with E-state index in [2.05, 4.69) is 0 Å². The number of hydrogen-bond acceptors (Lipinski definition) is 6. The first-order valence-corrected chi connectivity index (χ1v) is 7.40. The third-order valence-electron chi connectivity index (χ3n) is 3.26. The molecule has 1 fully saturated rings. The van der Waals surface area contributed by atoms with Crippen LogP contribution in [0.25, 0.3) is 0 Å². The lowest BCUT2D eigenvalue weighted by Gasteiger charge is -2.37. The van der Waals surface area contributed by atoms with E-state index in [1.165, 1.54) is 7.11 Å². The number of likely N-dealkylation sites (tertiary alicyclic amines) is 1. The first-order chi connectivity index (χ1) is 10.2. The molecule has 0 saturated carbocycles. The molecule has 0 aromatic heterocycles. The average Bonchev–Trinajstić information content (AvgIpc) is 2.42. The average molecular weight is 317 g/mol. The summed E-state index contributed by atoms with van der Waals surface area (Å²) in [6, 6.07) is 0. The predicted octanol–water partition coefficient (Wildman–Crippen LogP) is 1.80. The summed E-state index contributed by atoms with van der Waals surface area (Å²) in [6.45, 7) is 6.49. The fourth-order valence-electron chi connectivity index (χ4n) is 2.38. The fraction of sp³-hybridized carbons (Fsp3) is 0.867. The van der Waals surface area contributed by atoms with Gasteiger partial charge in [-0.15, -0.1) is 0 Å². The molecule has 2 atom stereocenters. The molecule has 22 heavy (non-hydrogen) atoms. The monoisotopic (exact) mass is 317 g/mol. The van der Waals surface area contributed by atoms with Crippen molar-refractivity contribution in [3.05, 3.63) is 0 Å². The minimum Gasteiger partial charge on any atom is -0.469 e. The molecule has 1 saturated heterocycles. The Morgan fingerprint density at radius 3 is 2.41 bits per heavy atom. The minimum absolute atomic E-state index is 0.0180. The van der Waals surface area contributed by atoms with E-state index in [1.807, 2.05) is 20.8 Å². The molecule has 0 radical (unpaired) electrons. The molecule has 7 heteroatoms. The third kappa shape index (κ3) is 6.62. The first-order valence-electron chi connectivity index (χ1n) is 7.40. The second-order valence-electron chi connectivity index (χ2n) is 6.46. The van der Waals surface area contributed by atoms with Gasteiger partial charge in [0.15, 0.2) is 0 Å². The van der Waals surface area contributed by atoms with Crippen molar-refractivity contribution in [3.63, 3.8) is 0 Å². The van der Waals surface area contributed by atoms with E-state index in [9.17, 15) is 9.59 Å². The van der Waals surface area contributed by atoms with Crippen molar-refractivity contribution in [3.8, 4) is 0 Å². The zero-order valence-electron chi connectivity index (χ0n) is 14.1. The van der Waals surface area contributed by atoms with Gasteiger partial charge >= 0.3 is 12.1 Å². The molecule has 1 heterocycles. The van der Waals surface area contributed by atoms with Gasteiger partial charge in [0.2, 0.25) is 0 Å². The maximum absolute atomic E-state index is 12.2. The van der Waals surface area contributed by atoms with Crippen LogP contribution in [0.1, 0.15) is 33.6 Å². The van der Waals surface area contributed by atoms with Crippen molar-refractivity contribution >= 4 is 12.1 Å². The van der Waals surface area contributed by atoms with E-state index >= 15 is 0 Å². The van der Waals surface area contributed by atoms with E-state index in [-0.39, 0.29) is 31.2 Å². The number of ether oxygens (including phenoxy) is 4. The Hall–Kier alpha value is -1.34. The molecule has 1 rings (SSSR count). The zero-order valence-corrected chi connectivity index (χ0v) is 14.1. The van der Waals surface area contributed by atoms with Gasteiger partial charge in [0.1, 0.15) is 12.4 Å². The fourth-order valence-corrected chi connectivity index (χ4v) is 2.38. The summed E-state index contributed by atoms with van der Waals surface area (Å²) >= 11 is 0. The van der Waals surface area contributed by atoms with Gasteiger partial charge in [-0.1, -0.05) is 0 Å². The van der Waals surface area contributed by atoms with Crippen molar-refractivity contribution in [2.45, 2.75) is 45.3 Å². The summed E-state index contributed by atoms with van der Waals surface area (Å²) in [5.41, 5.74) is -0.560. The summed E-state index contributed by atoms with van der Waals surface area (Å²) < 4.78 is 20.6. The highest BCUT2D eigenvalue weighted by Crippen LogP contribution is 2.24. The van der Waals surface area contributed by atoms with Crippen LogP contribution in [-0.2, 0) is 23.7 Å². The number of carbonyl (C=O) groups excluding carboxylic acids is 2. The van der Waals surface area contributed by atoms with E-state index in [0.717, 1.165) is 0 Å². The number of carbonyl (C=O) groups is 2. The molecule has 0 aromatic carbocycles. The van der Waals surface area contributed by atoms with Crippen LogP contribution in [0.15, 0.2) is 0 Å². The van der Waals surface area contributed by atoms with Gasteiger partial charge < -0.3 is 23.8 Å². The summed E-state index contributed by atoms with van der Waals surface area (Å²) in [7, 11) is 2.90. The lowest BCUT2D eigenvalue weighted by molar-refractivity contribution is -0.143. The van der Waals surface area contributed by atoms with Gasteiger partial charge in [-0.25, -0.2) is 4.79 Å².